The molecular formula is C8H8BrN. The van der Waals surface area contributed by atoms with E-state index in [2.05, 4.69) is 20.9 Å². The van der Waals surface area contributed by atoms with Gasteiger partial charge in [-0.25, -0.2) is 0 Å². The predicted octanol–water partition coefficient (Wildman–Crippen LogP) is 2.84. The Balaban J connectivity index is 2.96. The molecule has 0 N–H and O–H groups in total. The lowest BCUT2D eigenvalue weighted by Crippen LogP contribution is -1.77. The first-order valence-electron chi connectivity index (χ1n) is 3.02. The zero-order valence-corrected chi connectivity index (χ0v) is 7.30. The van der Waals surface area contributed by atoms with Gasteiger partial charge in [0.05, 0.1) is 0 Å². The number of halogens is 1. The monoisotopic (exact) mass is 197 g/mol. The van der Waals surface area contributed by atoms with Crippen molar-refractivity contribution in [1.29, 1.82) is 0 Å². The van der Waals surface area contributed by atoms with E-state index in [0.717, 1.165) is 0 Å². The lowest BCUT2D eigenvalue weighted by molar-refractivity contribution is 1.31. The molecule has 52 valence electrons. The fourth-order valence-electron chi connectivity index (χ4n) is 0.678. The average molecular weight is 198 g/mol. The molecule has 0 atom stereocenters. The predicted molar refractivity (Wildman–Crippen MR) is 46.8 cm³/mol. The van der Waals surface area contributed by atoms with Crippen molar-refractivity contribution in [2.45, 2.75) is 6.92 Å². The number of hydrogen-bond donors (Lipinski definition) is 0. The molecule has 2 heteroatoms. The Bertz CT molecular complexity index is 228. The second kappa shape index (κ2) is 3.52. The summed E-state index contributed by atoms with van der Waals surface area (Å²) in [4.78, 5) is 5.82. The van der Waals surface area contributed by atoms with Gasteiger partial charge in [0.2, 0.25) is 0 Å². The second-order valence-electron chi connectivity index (χ2n) is 2.03. The van der Waals surface area contributed by atoms with Gasteiger partial charge in [0.25, 0.3) is 0 Å². The van der Waals surface area contributed by atoms with Gasteiger partial charge in [-0.05, 0) is 35.2 Å². The van der Waals surface area contributed by atoms with Crippen LogP contribution >= 0.6 is 15.9 Å². The van der Waals surface area contributed by atoms with E-state index in [4.69, 9.17) is 0 Å². The van der Waals surface area contributed by atoms with E-state index < -0.39 is 0 Å². The highest BCUT2D eigenvalue weighted by atomic mass is 79.9. The van der Waals surface area contributed by atoms with E-state index in [-0.39, 0.29) is 0 Å². The van der Waals surface area contributed by atoms with Crippen LogP contribution in [0.2, 0.25) is 0 Å². The topological polar surface area (TPSA) is 12.9 Å². The summed E-state index contributed by atoms with van der Waals surface area (Å²) in [7, 11) is 0. The molecule has 1 aromatic rings. The van der Waals surface area contributed by atoms with E-state index in [1.807, 2.05) is 24.0 Å². The van der Waals surface area contributed by atoms with Crippen LogP contribution in [0, 0.1) is 0 Å². The summed E-state index contributed by atoms with van der Waals surface area (Å²) < 4.78 is 0. The van der Waals surface area contributed by atoms with Gasteiger partial charge in [0.1, 0.15) is 0 Å². The molecule has 1 aromatic heterocycles. The number of rotatable bonds is 1. The largest absolute Gasteiger partial charge is 0.265 e. The standard InChI is InChI=1S/C8H8BrN/c1-7(6-9)8-2-4-10-5-3-8/h2-6H,1H3/b7-6+. The third-order valence-electron chi connectivity index (χ3n) is 1.30. The molecular weight excluding hydrogens is 190 g/mol. The maximum Gasteiger partial charge on any atom is 0.0273 e. The van der Waals surface area contributed by atoms with Crippen molar-refractivity contribution in [3.63, 3.8) is 0 Å². The Kier molecular flexibility index (Phi) is 2.63. The Morgan fingerprint density at radius 2 is 2.10 bits per heavy atom. The molecule has 0 saturated carbocycles. The SMILES string of the molecule is C/C(=C\Br)c1ccncc1. The fraction of sp³-hybridized carbons (Fsp3) is 0.125. The first kappa shape index (κ1) is 7.48. The molecule has 0 spiro atoms. The summed E-state index contributed by atoms with van der Waals surface area (Å²) in [6, 6.07) is 3.96. The van der Waals surface area contributed by atoms with Gasteiger partial charge in [-0.15, -0.1) is 0 Å². The minimum Gasteiger partial charge on any atom is -0.265 e. The summed E-state index contributed by atoms with van der Waals surface area (Å²) in [6.45, 7) is 2.05. The van der Waals surface area contributed by atoms with E-state index in [0.29, 0.717) is 0 Å². The molecule has 1 nitrogen and oxygen atoms in total. The van der Waals surface area contributed by atoms with E-state index >= 15 is 0 Å². The molecule has 0 unspecified atom stereocenters. The quantitative estimate of drug-likeness (QED) is 0.676. The van der Waals surface area contributed by atoms with Gasteiger partial charge < -0.3 is 0 Å². The Morgan fingerprint density at radius 1 is 1.50 bits per heavy atom. The molecule has 0 aromatic carbocycles. The van der Waals surface area contributed by atoms with Crippen LogP contribution in [-0.4, -0.2) is 4.98 Å². The summed E-state index contributed by atoms with van der Waals surface area (Å²) >= 11 is 3.27. The van der Waals surface area contributed by atoms with Crippen LogP contribution in [0.4, 0.5) is 0 Å². The van der Waals surface area contributed by atoms with Gasteiger partial charge in [0.15, 0.2) is 0 Å². The molecule has 0 aliphatic heterocycles. The summed E-state index contributed by atoms with van der Waals surface area (Å²) in [5.41, 5.74) is 2.41. The van der Waals surface area contributed by atoms with Gasteiger partial charge >= 0.3 is 0 Å². The zero-order chi connectivity index (χ0) is 7.40. The van der Waals surface area contributed by atoms with Crippen LogP contribution in [0.15, 0.2) is 29.5 Å². The zero-order valence-electron chi connectivity index (χ0n) is 5.71. The Labute approximate surface area is 68.9 Å². The molecule has 0 fully saturated rings. The fourth-order valence-corrected chi connectivity index (χ4v) is 0.942. The van der Waals surface area contributed by atoms with Crippen LogP contribution in [0.1, 0.15) is 12.5 Å². The molecule has 0 aliphatic rings. The maximum atomic E-state index is 3.92. The molecule has 0 aliphatic carbocycles. The molecule has 1 rings (SSSR count). The van der Waals surface area contributed by atoms with Crippen molar-refractivity contribution in [2.75, 3.05) is 0 Å². The summed E-state index contributed by atoms with van der Waals surface area (Å²) in [6.07, 6.45) is 3.57. The van der Waals surface area contributed by atoms with Gasteiger partial charge in [-0.1, -0.05) is 15.9 Å². The van der Waals surface area contributed by atoms with Crippen molar-refractivity contribution in [1.82, 2.24) is 4.98 Å². The highest BCUT2D eigenvalue weighted by Crippen LogP contribution is 2.12. The molecule has 10 heavy (non-hydrogen) atoms. The van der Waals surface area contributed by atoms with Crippen LogP contribution in [0.5, 0.6) is 0 Å². The third-order valence-corrected chi connectivity index (χ3v) is 1.99. The number of allylic oxidation sites excluding steroid dienone is 1. The van der Waals surface area contributed by atoms with Crippen LogP contribution in [0.3, 0.4) is 0 Å². The van der Waals surface area contributed by atoms with Crippen LogP contribution < -0.4 is 0 Å². The van der Waals surface area contributed by atoms with E-state index in [1.165, 1.54) is 11.1 Å². The highest BCUT2D eigenvalue weighted by molar-refractivity contribution is 9.11. The van der Waals surface area contributed by atoms with Crippen LogP contribution in [0.25, 0.3) is 5.57 Å². The van der Waals surface area contributed by atoms with Crippen molar-refractivity contribution < 1.29 is 0 Å². The van der Waals surface area contributed by atoms with E-state index in [9.17, 15) is 0 Å². The third kappa shape index (κ3) is 1.67. The van der Waals surface area contributed by atoms with Crippen molar-refractivity contribution in [3.8, 4) is 0 Å². The van der Waals surface area contributed by atoms with Crippen molar-refractivity contribution in [3.05, 3.63) is 35.1 Å². The number of nitrogens with zero attached hydrogens (tertiary/aromatic N) is 1. The first-order valence-corrected chi connectivity index (χ1v) is 3.93. The molecule has 0 radical (unpaired) electrons. The number of hydrogen-bond acceptors (Lipinski definition) is 1. The van der Waals surface area contributed by atoms with Crippen LogP contribution in [-0.2, 0) is 0 Å². The molecule has 1 heterocycles. The van der Waals surface area contributed by atoms with Gasteiger partial charge in [-0.2, -0.15) is 0 Å². The summed E-state index contributed by atoms with van der Waals surface area (Å²) in [5, 5.41) is 0. The smallest absolute Gasteiger partial charge is 0.0273 e. The van der Waals surface area contributed by atoms with Gasteiger partial charge in [0, 0.05) is 12.4 Å². The lowest BCUT2D eigenvalue weighted by Gasteiger charge is -1.95. The van der Waals surface area contributed by atoms with E-state index in [1.54, 1.807) is 12.4 Å². The average Bonchev–Trinajstić information content (AvgIpc) is 2.05. The number of aromatic nitrogens is 1. The highest BCUT2D eigenvalue weighted by Gasteiger charge is 1.90. The Hall–Kier alpha value is -0.630. The maximum absolute atomic E-state index is 3.92. The summed E-state index contributed by atoms with van der Waals surface area (Å²) in [5.74, 6) is 0. The second-order valence-corrected chi connectivity index (χ2v) is 2.49. The minimum atomic E-state index is 1.20. The lowest BCUT2D eigenvalue weighted by atomic mass is 10.1. The normalized spacial score (nSPS) is 11.6. The Morgan fingerprint density at radius 3 is 2.60 bits per heavy atom. The molecule has 0 bridgehead atoms. The molecule has 0 amide bonds. The molecule has 0 saturated heterocycles. The van der Waals surface area contributed by atoms with Crippen molar-refractivity contribution in [2.24, 2.45) is 0 Å². The first-order chi connectivity index (χ1) is 4.84. The van der Waals surface area contributed by atoms with Gasteiger partial charge in [-0.3, -0.25) is 4.98 Å². The number of pyridine rings is 1. The van der Waals surface area contributed by atoms with Crippen molar-refractivity contribution >= 4 is 21.5 Å². The minimum absolute atomic E-state index is 1.20.